The summed E-state index contributed by atoms with van der Waals surface area (Å²) < 4.78 is 0. The number of hydrogen-bond donors (Lipinski definition) is 2. The van der Waals surface area contributed by atoms with Gasteiger partial charge in [0.15, 0.2) is 0 Å². The monoisotopic (exact) mass is 254 g/mol. The topological polar surface area (TPSA) is 52.6 Å². The third-order valence-corrected chi connectivity index (χ3v) is 3.48. The van der Waals surface area contributed by atoms with Crippen LogP contribution in [0.2, 0.25) is 0 Å². The fourth-order valence-corrected chi connectivity index (χ4v) is 2.40. The quantitative estimate of drug-likeness (QED) is 0.670. The molecule has 1 amide bonds. The molecule has 0 aromatic rings. The third-order valence-electron chi connectivity index (χ3n) is 3.48. The molecule has 0 saturated carbocycles. The number of likely N-dealkylation sites (tertiary alicyclic amines) is 1. The third kappa shape index (κ3) is 5.19. The molecular weight excluding hydrogens is 228 g/mol. The molecule has 1 unspecified atom stereocenters. The van der Waals surface area contributed by atoms with Gasteiger partial charge in [0.05, 0.1) is 6.10 Å². The molecule has 0 aromatic heterocycles. The molecular formula is C14H26N2O2. The largest absolute Gasteiger partial charge is 0.392 e. The summed E-state index contributed by atoms with van der Waals surface area (Å²) in [5.41, 5.74) is 0. The van der Waals surface area contributed by atoms with Gasteiger partial charge in [-0.2, -0.15) is 0 Å². The molecule has 1 saturated heterocycles. The minimum Gasteiger partial charge on any atom is -0.392 e. The van der Waals surface area contributed by atoms with Gasteiger partial charge in [-0.3, -0.25) is 4.79 Å². The molecule has 1 aliphatic heterocycles. The van der Waals surface area contributed by atoms with E-state index < -0.39 is 0 Å². The summed E-state index contributed by atoms with van der Waals surface area (Å²) in [5.74, 6) is 0.343. The van der Waals surface area contributed by atoms with Gasteiger partial charge in [-0.1, -0.05) is 6.08 Å². The molecule has 1 fully saturated rings. The molecule has 0 bridgehead atoms. The van der Waals surface area contributed by atoms with Gasteiger partial charge < -0.3 is 15.3 Å². The maximum atomic E-state index is 11.7. The van der Waals surface area contributed by atoms with E-state index in [4.69, 9.17) is 0 Å². The number of carbonyl (C=O) groups excluding carboxylic acids is 1. The molecule has 18 heavy (non-hydrogen) atoms. The standard InChI is InChI=1S/C14H26N2O2/c1-3-5-6-13(17)11-16-9-7-12(8-10-16)14(18)15-4-2/h3,12-13,17H,1,4-11H2,2H3,(H,15,18). The molecule has 1 heterocycles. The Balaban J connectivity index is 2.22. The maximum absolute atomic E-state index is 11.7. The number of nitrogens with zero attached hydrogens (tertiary/aromatic N) is 1. The van der Waals surface area contributed by atoms with Crippen LogP contribution in [-0.4, -0.2) is 48.2 Å². The number of piperidine rings is 1. The predicted octanol–water partition coefficient (Wildman–Crippen LogP) is 1.16. The summed E-state index contributed by atoms with van der Waals surface area (Å²) >= 11 is 0. The molecule has 0 spiro atoms. The number of allylic oxidation sites excluding steroid dienone is 1. The van der Waals surface area contributed by atoms with Crippen LogP contribution in [0.15, 0.2) is 12.7 Å². The van der Waals surface area contributed by atoms with Crippen LogP contribution in [0.1, 0.15) is 32.6 Å². The number of nitrogens with one attached hydrogen (secondary N) is 1. The molecule has 0 radical (unpaired) electrons. The summed E-state index contributed by atoms with van der Waals surface area (Å²) in [6.07, 6.45) is 5.00. The van der Waals surface area contributed by atoms with Gasteiger partial charge in [0.2, 0.25) is 5.91 Å². The van der Waals surface area contributed by atoms with Crippen LogP contribution in [0.3, 0.4) is 0 Å². The van der Waals surface area contributed by atoms with E-state index in [0.717, 1.165) is 45.3 Å². The van der Waals surface area contributed by atoms with E-state index in [-0.39, 0.29) is 17.9 Å². The highest BCUT2D eigenvalue weighted by Crippen LogP contribution is 2.17. The van der Waals surface area contributed by atoms with E-state index in [2.05, 4.69) is 16.8 Å². The number of aliphatic hydroxyl groups is 1. The predicted molar refractivity (Wildman–Crippen MR) is 73.3 cm³/mol. The molecule has 1 atom stereocenters. The summed E-state index contributed by atoms with van der Waals surface area (Å²) in [5, 5.41) is 12.7. The van der Waals surface area contributed by atoms with Crippen molar-refractivity contribution in [1.82, 2.24) is 10.2 Å². The van der Waals surface area contributed by atoms with Crippen molar-refractivity contribution < 1.29 is 9.90 Å². The van der Waals surface area contributed by atoms with Crippen molar-refractivity contribution in [2.24, 2.45) is 5.92 Å². The van der Waals surface area contributed by atoms with Crippen molar-refractivity contribution in [3.8, 4) is 0 Å². The molecule has 0 aliphatic carbocycles. The van der Waals surface area contributed by atoms with Crippen molar-refractivity contribution in [3.63, 3.8) is 0 Å². The number of β-amino-alcohol motifs (C(OH)–C–C–N with tert-alkyl or cyclic N) is 1. The van der Waals surface area contributed by atoms with E-state index >= 15 is 0 Å². The highest BCUT2D eigenvalue weighted by molar-refractivity contribution is 5.78. The maximum Gasteiger partial charge on any atom is 0.223 e. The van der Waals surface area contributed by atoms with E-state index in [1.807, 2.05) is 13.0 Å². The summed E-state index contributed by atoms with van der Waals surface area (Å²) in [4.78, 5) is 13.9. The average molecular weight is 254 g/mol. The lowest BCUT2D eigenvalue weighted by molar-refractivity contribution is -0.126. The number of amides is 1. The van der Waals surface area contributed by atoms with Gasteiger partial charge in [0.1, 0.15) is 0 Å². The van der Waals surface area contributed by atoms with Gasteiger partial charge in [-0.05, 0) is 45.7 Å². The Kier molecular flexibility index (Phi) is 6.98. The normalized spacial score (nSPS) is 19.4. The zero-order chi connectivity index (χ0) is 13.4. The van der Waals surface area contributed by atoms with E-state index in [0.29, 0.717) is 6.54 Å². The number of aliphatic hydroxyl groups excluding tert-OH is 1. The van der Waals surface area contributed by atoms with Crippen LogP contribution < -0.4 is 5.32 Å². The smallest absolute Gasteiger partial charge is 0.223 e. The Morgan fingerprint density at radius 3 is 2.78 bits per heavy atom. The van der Waals surface area contributed by atoms with Crippen molar-refractivity contribution >= 4 is 5.91 Å². The van der Waals surface area contributed by atoms with Gasteiger partial charge in [0.25, 0.3) is 0 Å². The van der Waals surface area contributed by atoms with E-state index in [9.17, 15) is 9.90 Å². The number of rotatable bonds is 7. The fraction of sp³-hybridized carbons (Fsp3) is 0.786. The molecule has 2 N–H and O–H groups in total. The van der Waals surface area contributed by atoms with Crippen molar-refractivity contribution in [1.29, 1.82) is 0 Å². The lowest BCUT2D eigenvalue weighted by Gasteiger charge is -2.32. The zero-order valence-electron chi connectivity index (χ0n) is 11.4. The molecule has 4 nitrogen and oxygen atoms in total. The number of hydrogen-bond acceptors (Lipinski definition) is 3. The van der Waals surface area contributed by atoms with Gasteiger partial charge in [-0.15, -0.1) is 6.58 Å². The van der Waals surface area contributed by atoms with E-state index in [1.54, 1.807) is 0 Å². The van der Waals surface area contributed by atoms with Gasteiger partial charge >= 0.3 is 0 Å². The summed E-state index contributed by atoms with van der Waals surface area (Å²) in [7, 11) is 0. The first kappa shape index (κ1) is 15.2. The minimum atomic E-state index is -0.274. The number of carbonyl (C=O) groups is 1. The average Bonchev–Trinajstić information content (AvgIpc) is 2.37. The Labute approximate surface area is 110 Å². The lowest BCUT2D eigenvalue weighted by Crippen LogP contribution is -2.43. The van der Waals surface area contributed by atoms with Gasteiger partial charge in [-0.25, -0.2) is 0 Å². The Morgan fingerprint density at radius 1 is 1.56 bits per heavy atom. The fourth-order valence-electron chi connectivity index (χ4n) is 2.40. The van der Waals surface area contributed by atoms with Gasteiger partial charge in [0, 0.05) is 19.0 Å². The van der Waals surface area contributed by atoms with E-state index in [1.165, 1.54) is 0 Å². The van der Waals surface area contributed by atoms with Crippen LogP contribution in [-0.2, 0) is 4.79 Å². The molecule has 1 aliphatic rings. The first-order chi connectivity index (χ1) is 8.67. The molecule has 104 valence electrons. The Hall–Kier alpha value is -0.870. The van der Waals surface area contributed by atoms with Crippen molar-refractivity contribution in [2.75, 3.05) is 26.2 Å². The molecule has 4 heteroatoms. The second kappa shape index (κ2) is 8.27. The second-order valence-electron chi connectivity index (χ2n) is 4.99. The lowest BCUT2D eigenvalue weighted by atomic mass is 9.95. The van der Waals surface area contributed by atoms with Crippen LogP contribution in [0.5, 0.6) is 0 Å². The second-order valence-corrected chi connectivity index (χ2v) is 4.99. The van der Waals surface area contributed by atoms with Crippen LogP contribution in [0, 0.1) is 5.92 Å². The minimum absolute atomic E-state index is 0.159. The molecule has 0 aromatic carbocycles. The first-order valence-electron chi connectivity index (χ1n) is 6.96. The molecule has 1 rings (SSSR count). The first-order valence-corrected chi connectivity index (χ1v) is 6.96. The highest BCUT2D eigenvalue weighted by atomic mass is 16.3. The highest BCUT2D eigenvalue weighted by Gasteiger charge is 2.25. The van der Waals surface area contributed by atoms with Crippen molar-refractivity contribution in [3.05, 3.63) is 12.7 Å². The Morgan fingerprint density at radius 2 is 2.22 bits per heavy atom. The van der Waals surface area contributed by atoms with Crippen LogP contribution in [0.4, 0.5) is 0 Å². The van der Waals surface area contributed by atoms with Crippen LogP contribution in [0.25, 0.3) is 0 Å². The van der Waals surface area contributed by atoms with Crippen molar-refractivity contribution in [2.45, 2.75) is 38.7 Å². The van der Waals surface area contributed by atoms with Crippen LogP contribution >= 0.6 is 0 Å². The summed E-state index contributed by atoms with van der Waals surface area (Å²) in [6.45, 7) is 8.85. The SMILES string of the molecule is C=CCCC(O)CN1CCC(C(=O)NCC)CC1. The zero-order valence-corrected chi connectivity index (χ0v) is 11.4. The Bertz CT molecular complexity index is 261. The summed E-state index contributed by atoms with van der Waals surface area (Å²) in [6, 6.07) is 0.